The van der Waals surface area contributed by atoms with Crippen LogP contribution in [0, 0.1) is 11.6 Å². The van der Waals surface area contributed by atoms with Crippen molar-refractivity contribution in [3.05, 3.63) is 58.2 Å². The van der Waals surface area contributed by atoms with Gasteiger partial charge in [0.25, 0.3) is 5.91 Å². The van der Waals surface area contributed by atoms with Gasteiger partial charge in [-0.25, -0.2) is 8.78 Å². The summed E-state index contributed by atoms with van der Waals surface area (Å²) in [6.45, 7) is 0. The highest BCUT2D eigenvalue weighted by Gasteiger charge is 2.13. The minimum absolute atomic E-state index is 0.00289. The molecule has 2 N–H and O–H groups in total. The Balaban J connectivity index is 1.90. The van der Waals surface area contributed by atoms with Gasteiger partial charge in [-0.2, -0.15) is 5.10 Å². The predicted molar refractivity (Wildman–Crippen MR) is 78.1 cm³/mol. The molecule has 7 heteroatoms. The van der Waals surface area contributed by atoms with Crippen molar-refractivity contribution in [1.29, 1.82) is 0 Å². The molecule has 106 valence electrons. The Bertz CT molecular complexity index is 847. The maximum Gasteiger partial charge on any atom is 0.255 e. The predicted octanol–water partition coefficient (Wildman–Crippen LogP) is 3.86. The summed E-state index contributed by atoms with van der Waals surface area (Å²) in [5, 5.41) is 9.78. The van der Waals surface area contributed by atoms with Crippen LogP contribution in [0.5, 0.6) is 0 Å². The van der Waals surface area contributed by atoms with Crippen LogP contribution in [0.25, 0.3) is 10.9 Å². The van der Waals surface area contributed by atoms with Crippen LogP contribution >= 0.6 is 15.9 Å². The zero-order chi connectivity index (χ0) is 15.0. The molecule has 1 amide bonds. The zero-order valence-corrected chi connectivity index (χ0v) is 12.0. The minimum atomic E-state index is -0.723. The van der Waals surface area contributed by atoms with E-state index in [9.17, 15) is 13.6 Å². The Morgan fingerprint density at radius 2 is 2.00 bits per heavy atom. The van der Waals surface area contributed by atoms with E-state index in [1.54, 1.807) is 24.4 Å². The lowest BCUT2D eigenvalue weighted by molar-refractivity contribution is 0.102. The van der Waals surface area contributed by atoms with Crippen molar-refractivity contribution in [2.45, 2.75) is 0 Å². The number of aromatic nitrogens is 2. The number of nitrogens with one attached hydrogen (secondary N) is 2. The summed E-state index contributed by atoms with van der Waals surface area (Å²) in [5.74, 6) is -1.91. The first-order valence-corrected chi connectivity index (χ1v) is 6.73. The molecule has 2 aromatic carbocycles. The fourth-order valence-electron chi connectivity index (χ4n) is 1.89. The van der Waals surface area contributed by atoms with Crippen LogP contribution in [0.15, 0.2) is 41.0 Å². The van der Waals surface area contributed by atoms with E-state index in [1.807, 2.05) is 0 Å². The Kier molecular flexibility index (Phi) is 3.42. The van der Waals surface area contributed by atoms with Crippen molar-refractivity contribution in [3.63, 3.8) is 0 Å². The second-order valence-electron chi connectivity index (χ2n) is 4.37. The van der Waals surface area contributed by atoms with E-state index in [4.69, 9.17) is 0 Å². The monoisotopic (exact) mass is 351 g/mol. The van der Waals surface area contributed by atoms with Crippen LogP contribution in [0.4, 0.5) is 14.5 Å². The van der Waals surface area contributed by atoms with Crippen LogP contribution in [-0.4, -0.2) is 16.1 Å². The molecule has 0 unspecified atom stereocenters. The number of aromatic amines is 1. The number of fused-ring (bicyclic) bond motifs is 1. The van der Waals surface area contributed by atoms with Gasteiger partial charge in [0.05, 0.1) is 21.9 Å². The molecular formula is C14H8BrF2N3O. The number of halogens is 3. The Hall–Kier alpha value is -2.28. The molecule has 1 aromatic heterocycles. The van der Waals surface area contributed by atoms with Crippen molar-refractivity contribution in [1.82, 2.24) is 10.2 Å². The van der Waals surface area contributed by atoms with Gasteiger partial charge in [0, 0.05) is 17.0 Å². The van der Waals surface area contributed by atoms with Gasteiger partial charge in [-0.1, -0.05) is 6.07 Å². The Morgan fingerprint density at radius 3 is 2.81 bits per heavy atom. The molecule has 0 saturated carbocycles. The van der Waals surface area contributed by atoms with Crippen LogP contribution in [0.2, 0.25) is 0 Å². The SMILES string of the molecule is O=C(Nc1cc(F)c(Br)cc1F)c1ccc2cn[nH]c2c1. The third-order valence-electron chi connectivity index (χ3n) is 2.96. The van der Waals surface area contributed by atoms with Crippen LogP contribution in [0.1, 0.15) is 10.4 Å². The maximum absolute atomic E-state index is 13.7. The first-order chi connectivity index (χ1) is 10.0. The van der Waals surface area contributed by atoms with Crippen LogP contribution < -0.4 is 5.32 Å². The topological polar surface area (TPSA) is 57.8 Å². The summed E-state index contributed by atoms with van der Waals surface area (Å²) in [6.07, 6.45) is 1.63. The third-order valence-corrected chi connectivity index (χ3v) is 3.57. The van der Waals surface area contributed by atoms with E-state index in [0.29, 0.717) is 11.1 Å². The highest BCUT2D eigenvalue weighted by atomic mass is 79.9. The highest BCUT2D eigenvalue weighted by Crippen LogP contribution is 2.24. The fourth-order valence-corrected chi connectivity index (χ4v) is 2.21. The van der Waals surface area contributed by atoms with E-state index >= 15 is 0 Å². The number of H-pyrrole nitrogens is 1. The standard InChI is InChI=1S/C14H8BrF2N3O/c15-9-4-11(17)13(5-10(9)16)19-14(21)7-1-2-8-6-18-20-12(8)3-7/h1-6H,(H,18,20)(H,19,21). The van der Waals surface area contributed by atoms with Crippen molar-refractivity contribution in [3.8, 4) is 0 Å². The average Bonchev–Trinajstić information content (AvgIpc) is 2.92. The number of benzene rings is 2. The lowest BCUT2D eigenvalue weighted by atomic mass is 10.1. The summed E-state index contributed by atoms with van der Waals surface area (Å²) in [5.41, 5.74) is 0.782. The molecule has 21 heavy (non-hydrogen) atoms. The van der Waals surface area contributed by atoms with E-state index < -0.39 is 17.5 Å². The van der Waals surface area contributed by atoms with E-state index in [1.165, 1.54) is 0 Å². The van der Waals surface area contributed by atoms with Gasteiger partial charge < -0.3 is 5.32 Å². The summed E-state index contributed by atoms with van der Waals surface area (Å²) < 4.78 is 27.1. The zero-order valence-electron chi connectivity index (χ0n) is 10.5. The molecule has 1 heterocycles. The molecule has 3 aromatic rings. The van der Waals surface area contributed by atoms with E-state index in [-0.39, 0.29) is 10.2 Å². The summed E-state index contributed by atoms with van der Waals surface area (Å²) in [7, 11) is 0. The minimum Gasteiger partial charge on any atom is -0.319 e. The average molecular weight is 352 g/mol. The number of rotatable bonds is 2. The van der Waals surface area contributed by atoms with Crippen molar-refractivity contribution in [2.75, 3.05) is 5.32 Å². The van der Waals surface area contributed by atoms with E-state index in [0.717, 1.165) is 17.5 Å². The summed E-state index contributed by atoms with van der Waals surface area (Å²) in [6, 6.07) is 6.77. The van der Waals surface area contributed by atoms with Gasteiger partial charge in [0.2, 0.25) is 0 Å². The van der Waals surface area contributed by atoms with Gasteiger partial charge in [-0.15, -0.1) is 0 Å². The highest BCUT2D eigenvalue weighted by molar-refractivity contribution is 9.10. The molecule has 3 rings (SSSR count). The van der Waals surface area contributed by atoms with E-state index in [2.05, 4.69) is 31.4 Å². The number of carbonyl (C=O) groups excluding carboxylic acids is 1. The number of hydrogen-bond acceptors (Lipinski definition) is 2. The normalized spacial score (nSPS) is 10.8. The second-order valence-corrected chi connectivity index (χ2v) is 5.23. The van der Waals surface area contributed by atoms with Crippen molar-refractivity contribution in [2.24, 2.45) is 0 Å². The lowest BCUT2D eigenvalue weighted by Gasteiger charge is -2.07. The molecule has 0 bridgehead atoms. The van der Waals surface area contributed by atoms with Crippen LogP contribution in [0.3, 0.4) is 0 Å². The number of carbonyl (C=O) groups is 1. The molecular weight excluding hydrogens is 344 g/mol. The first-order valence-electron chi connectivity index (χ1n) is 5.93. The largest absolute Gasteiger partial charge is 0.319 e. The van der Waals surface area contributed by atoms with Gasteiger partial charge >= 0.3 is 0 Å². The molecule has 0 radical (unpaired) electrons. The summed E-state index contributed by atoms with van der Waals surface area (Å²) >= 11 is 2.88. The van der Waals surface area contributed by atoms with Crippen molar-refractivity contribution < 1.29 is 13.6 Å². The lowest BCUT2D eigenvalue weighted by Crippen LogP contribution is -2.13. The molecule has 0 saturated heterocycles. The number of anilines is 1. The Labute approximate surface area is 126 Å². The van der Waals surface area contributed by atoms with Crippen LogP contribution in [-0.2, 0) is 0 Å². The number of nitrogens with zero attached hydrogens (tertiary/aromatic N) is 1. The third kappa shape index (κ3) is 2.64. The molecule has 0 spiro atoms. The van der Waals surface area contributed by atoms with Gasteiger partial charge in [0.15, 0.2) is 0 Å². The maximum atomic E-state index is 13.7. The molecule has 4 nitrogen and oxygen atoms in total. The molecule has 0 atom stereocenters. The Morgan fingerprint density at radius 1 is 1.19 bits per heavy atom. The van der Waals surface area contributed by atoms with Gasteiger partial charge in [-0.05, 0) is 34.1 Å². The number of hydrogen-bond donors (Lipinski definition) is 2. The quantitative estimate of drug-likeness (QED) is 0.689. The molecule has 0 aliphatic rings. The number of amides is 1. The molecule has 0 aliphatic carbocycles. The smallest absolute Gasteiger partial charge is 0.255 e. The molecule has 0 aliphatic heterocycles. The van der Waals surface area contributed by atoms with Crippen molar-refractivity contribution >= 4 is 38.4 Å². The second kappa shape index (κ2) is 5.25. The summed E-state index contributed by atoms with van der Waals surface area (Å²) in [4.78, 5) is 12.1. The fraction of sp³-hybridized carbons (Fsp3) is 0. The van der Waals surface area contributed by atoms with Gasteiger partial charge in [-0.3, -0.25) is 9.89 Å². The van der Waals surface area contributed by atoms with Gasteiger partial charge in [0.1, 0.15) is 11.6 Å². The first kappa shape index (κ1) is 13.7. The molecule has 0 fully saturated rings.